The number of hydrogen-bond acceptors (Lipinski definition) is 1. The minimum atomic E-state index is -0.372. The van der Waals surface area contributed by atoms with Gasteiger partial charge in [0.2, 0.25) is 0 Å². The first kappa shape index (κ1) is 11.2. The van der Waals surface area contributed by atoms with E-state index in [-0.39, 0.29) is 17.7 Å². The minimum Gasteiger partial charge on any atom is -0.487 e. The van der Waals surface area contributed by atoms with Crippen molar-refractivity contribution in [2.24, 2.45) is 0 Å². The van der Waals surface area contributed by atoms with Crippen LogP contribution in [-0.4, -0.2) is 6.10 Å². The molecule has 0 fully saturated rings. The lowest BCUT2D eigenvalue weighted by atomic mass is 10.2. The quantitative estimate of drug-likeness (QED) is 0.796. The van der Waals surface area contributed by atoms with Crippen LogP contribution in [0.4, 0.5) is 4.39 Å². The first-order valence-corrected chi connectivity index (χ1v) is 5.12. The lowest BCUT2D eigenvalue weighted by Gasteiger charge is -2.12. The van der Waals surface area contributed by atoms with Crippen molar-refractivity contribution in [1.29, 1.82) is 0 Å². The molecule has 0 N–H and O–H groups in total. The van der Waals surface area contributed by atoms with Gasteiger partial charge in [-0.1, -0.05) is 12.7 Å². The number of ether oxygens (including phenoxy) is 1. The van der Waals surface area contributed by atoms with Gasteiger partial charge in [-0.15, -0.1) is 0 Å². The average Bonchev–Trinajstić information content (AvgIpc) is 2.10. The zero-order chi connectivity index (χ0) is 10.7. The van der Waals surface area contributed by atoms with Crippen LogP contribution in [0, 0.1) is 5.82 Å². The summed E-state index contributed by atoms with van der Waals surface area (Å²) < 4.78 is 19.4. The smallest absolute Gasteiger partial charge is 0.169 e. The van der Waals surface area contributed by atoms with Crippen LogP contribution in [0.5, 0.6) is 5.75 Å². The minimum absolute atomic E-state index is 0.0459. The number of rotatable bonds is 3. The van der Waals surface area contributed by atoms with E-state index >= 15 is 0 Å². The van der Waals surface area contributed by atoms with Crippen LogP contribution in [0.1, 0.15) is 19.4 Å². The molecule has 1 nitrogen and oxygen atoms in total. The Labute approximate surface area is 91.7 Å². The largest absolute Gasteiger partial charge is 0.487 e. The second-order valence-corrected chi connectivity index (χ2v) is 4.04. The number of benzene rings is 1. The van der Waals surface area contributed by atoms with Crippen molar-refractivity contribution < 1.29 is 9.13 Å². The molecule has 3 heteroatoms. The Morgan fingerprint density at radius 1 is 1.50 bits per heavy atom. The lowest BCUT2D eigenvalue weighted by molar-refractivity contribution is 0.229. The van der Waals surface area contributed by atoms with E-state index in [1.807, 2.05) is 13.8 Å². The molecule has 0 aliphatic heterocycles. The third kappa shape index (κ3) is 2.58. The summed E-state index contributed by atoms with van der Waals surface area (Å²) in [5.74, 6) is -0.117. The van der Waals surface area contributed by atoms with Crippen LogP contribution in [0.2, 0.25) is 0 Å². The van der Waals surface area contributed by atoms with Crippen LogP contribution < -0.4 is 4.74 Å². The van der Waals surface area contributed by atoms with Crippen molar-refractivity contribution in [3.8, 4) is 5.75 Å². The van der Waals surface area contributed by atoms with Crippen molar-refractivity contribution in [1.82, 2.24) is 0 Å². The van der Waals surface area contributed by atoms with E-state index < -0.39 is 0 Å². The Kier molecular flexibility index (Phi) is 3.69. The predicted molar refractivity (Wildman–Crippen MR) is 60.0 cm³/mol. The van der Waals surface area contributed by atoms with Crippen molar-refractivity contribution >= 4 is 22.0 Å². The van der Waals surface area contributed by atoms with E-state index in [9.17, 15) is 4.39 Å². The molecule has 0 atom stereocenters. The maximum absolute atomic E-state index is 13.5. The first-order chi connectivity index (χ1) is 6.54. The van der Waals surface area contributed by atoms with E-state index in [1.54, 1.807) is 12.1 Å². The van der Waals surface area contributed by atoms with Crippen LogP contribution in [0.15, 0.2) is 23.2 Å². The first-order valence-electron chi connectivity index (χ1n) is 4.32. The highest BCUT2D eigenvalue weighted by molar-refractivity contribution is 9.10. The monoisotopic (exact) mass is 258 g/mol. The molecule has 0 radical (unpaired) electrons. The zero-order valence-electron chi connectivity index (χ0n) is 8.18. The summed E-state index contributed by atoms with van der Waals surface area (Å²) in [6, 6.07) is 3.17. The standard InChI is InChI=1S/C11H12BrFO/c1-4-8-5-9(12)11(10(13)6-8)14-7(2)3/h4-7H,1H2,2-3H3. The molecule has 1 aromatic rings. The number of halogens is 2. The van der Waals surface area contributed by atoms with Gasteiger partial charge in [0, 0.05) is 0 Å². The van der Waals surface area contributed by atoms with Gasteiger partial charge in [0.15, 0.2) is 11.6 Å². The summed E-state index contributed by atoms with van der Waals surface area (Å²) in [7, 11) is 0. The topological polar surface area (TPSA) is 9.23 Å². The Morgan fingerprint density at radius 2 is 2.14 bits per heavy atom. The van der Waals surface area contributed by atoms with Crippen molar-refractivity contribution in [2.45, 2.75) is 20.0 Å². The molecule has 0 spiro atoms. The molecule has 14 heavy (non-hydrogen) atoms. The summed E-state index contributed by atoms with van der Waals surface area (Å²) in [5.41, 5.74) is 0.727. The molecular formula is C11H12BrFO. The molecule has 0 aliphatic carbocycles. The van der Waals surface area contributed by atoms with Gasteiger partial charge in [-0.25, -0.2) is 4.39 Å². The van der Waals surface area contributed by atoms with Gasteiger partial charge in [-0.05, 0) is 47.5 Å². The van der Waals surface area contributed by atoms with E-state index in [0.717, 1.165) is 5.56 Å². The fourth-order valence-electron chi connectivity index (χ4n) is 1.05. The highest BCUT2D eigenvalue weighted by Crippen LogP contribution is 2.30. The fourth-order valence-corrected chi connectivity index (χ4v) is 1.59. The van der Waals surface area contributed by atoms with Gasteiger partial charge in [0.05, 0.1) is 10.6 Å². The summed E-state index contributed by atoms with van der Waals surface area (Å²) in [4.78, 5) is 0. The normalized spacial score (nSPS) is 10.4. The molecule has 0 aliphatic rings. The summed E-state index contributed by atoms with van der Waals surface area (Å²) in [6.45, 7) is 7.28. The van der Waals surface area contributed by atoms with Crippen molar-refractivity contribution in [3.63, 3.8) is 0 Å². The highest BCUT2D eigenvalue weighted by Gasteiger charge is 2.10. The summed E-state index contributed by atoms with van der Waals surface area (Å²) in [6.07, 6.45) is 1.54. The Bertz CT molecular complexity index is 324. The van der Waals surface area contributed by atoms with Crippen LogP contribution >= 0.6 is 15.9 Å². The molecule has 0 bridgehead atoms. The van der Waals surface area contributed by atoms with Gasteiger partial charge in [-0.2, -0.15) is 0 Å². The molecule has 0 saturated carbocycles. The summed E-state index contributed by atoms with van der Waals surface area (Å²) in [5, 5.41) is 0. The van der Waals surface area contributed by atoms with Gasteiger partial charge in [0.1, 0.15) is 0 Å². The molecular weight excluding hydrogens is 247 g/mol. The maximum Gasteiger partial charge on any atom is 0.169 e. The molecule has 0 amide bonds. The summed E-state index contributed by atoms with van der Waals surface area (Å²) >= 11 is 3.25. The molecule has 0 unspecified atom stereocenters. The van der Waals surface area contributed by atoms with E-state index in [2.05, 4.69) is 22.5 Å². The van der Waals surface area contributed by atoms with Crippen molar-refractivity contribution in [3.05, 3.63) is 34.6 Å². The van der Waals surface area contributed by atoms with Gasteiger partial charge in [0.25, 0.3) is 0 Å². The molecule has 1 aromatic carbocycles. The molecule has 76 valence electrons. The van der Waals surface area contributed by atoms with Crippen LogP contribution in [0.25, 0.3) is 6.08 Å². The molecule has 0 saturated heterocycles. The van der Waals surface area contributed by atoms with E-state index in [0.29, 0.717) is 4.47 Å². The lowest BCUT2D eigenvalue weighted by Crippen LogP contribution is -2.07. The highest BCUT2D eigenvalue weighted by atomic mass is 79.9. The van der Waals surface area contributed by atoms with Crippen molar-refractivity contribution in [2.75, 3.05) is 0 Å². The molecule has 0 heterocycles. The Morgan fingerprint density at radius 3 is 2.57 bits per heavy atom. The molecule has 1 rings (SSSR count). The van der Waals surface area contributed by atoms with E-state index in [4.69, 9.17) is 4.74 Å². The third-order valence-corrected chi connectivity index (χ3v) is 2.20. The van der Waals surface area contributed by atoms with Gasteiger partial charge < -0.3 is 4.74 Å². The second-order valence-electron chi connectivity index (χ2n) is 3.18. The van der Waals surface area contributed by atoms with Crippen LogP contribution in [-0.2, 0) is 0 Å². The Hall–Kier alpha value is -0.830. The van der Waals surface area contributed by atoms with E-state index in [1.165, 1.54) is 6.07 Å². The average molecular weight is 259 g/mol. The SMILES string of the molecule is C=Cc1cc(F)c(OC(C)C)c(Br)c1. The zero-order valence-corrected chi connectivity index (χ0v) is 9.77. The third-order valence-electron chi connectivity index (χ3n) is 1.61. The molecule has 0 aromatic heterocycles. The second kappa shape index (κ2) is 4.60. The van der Waals surface area contributed by atoms with Gasteiger partial charge in [-0.3, -0.25) is 0 Å². The van der Waals surface area contributed by atoms with Gasteiger partial charge >= 0.3 is 0 Å². The van der Waals surface area contributed by atoms with Crippen LogP contribution in [0.3, 0.4) is 0 Å². The maximum atomic E-state index is 13.5. The Balaban J connectivity index is 3.11. The fraction of sp³-hybridized carbons (Fsp3) is 0.273. The number of hydrogen-bond donors (Lipinski definition) is 0. The predicted octanol–water partition coefficient (Wildman–Crippen LogP) is 4.02.